The van der Waals surface area contributed by atoms with Gasteiger partial charge in [-0.05, 0) is 29.8 Å². The average molecular weight is 368 g/mol. The van der Waals surface area contributed by atoms with Gasteiger partial charge in [-0.15, -0.1) is 0 Å². The lowest BCUT2D eigenvalue weighted by Crippen LogP contribution is -2.03. The van der Waals surface area contributed by atoms with Crippen LogP contribution in [0.2, 0.25) is 0 Å². The lowest BCUT2D eigenvalue weighted by molar-refractivity contribution is 0.282. The molecule has 4 rings (SSSR count). The molecular formula is C19H12N8O. The SMILES string of the molecule is N#Cc1nc2nc(-c3cccnc3N)n(-c3ccc(CO)cc3)c2nc1C#N. The van der Waals surface area contributed by atoms with Crippen molar-refractivity contribution in [1.82, 2.24) is 24.5 Å². The van der Waals surface area contributed by atoms with Crippen molar-refractivity contribution >= 4 is 17.1 Å². The molecule has 0 aliphatic carbocycles. The Morgan fingerprint density at radius 1 is 1.00 bits per heavy atom. The summed E-state index contributed by atoms with van der Waals surface area (Å²) in [5.41, 5.74) is 8.35. The van der Waals surface area contributed by atoms with Crippen molar-refractivity contribution in [2.75, 3.05) is 5.73 Å². The molecule has 0 atom stereocenters. The van der Waals surface area contributed by atoms with Crippen LogP contribution in [-0.4, -0.2) is 29.6 Å². The molecule has 134 valence electrons. The fraction of sp³-hybridized carbons (Fsp3) is 0.0526. The second-order valence-corrected chi connectivity index (χ2v) is 5.82. The number of benzene rings is 1. The summed E-state index contributed by atoms with van der Waals surface area (Å²) >= 11 is 0. The quantitative estimate of drug-likeness (QED) is 0.554. The van der Waals surface area contributed by atoms with Crippen LogP contribution in [0.3, 0.4) is 0 Å². The molecule has 9 heteroatoms. The van der Waals surface area contributed by atoms with Gasteiger partial charge in [0.25, 0.3) is 0 Å². The molecular weight excluding hydrogens is 356 g/mol. The first-order valence-corrected chi connectivity index (χ1v) is 8.18. The van der Waals surface area contributed by atoms with E-state index in [1.54, 1.807) is 47.2 Å². The minimum atomic E-state index is -0.0963. The Balaban J connectivity index is 2.09. The van der Waals surface area contributed by atoms with Crippen molar-refractivity contribution in [2.24, 2.45) is 0 Å². The monoisotopic (exact) mass is 368 g/mol. The maximum Gasteiger partial charge on any atom is 0.199 e. The van der Waals surface area contributed by atoms with Crippen LogP contribution in [0, 0.1) is 22.7 Å². The molecule has 0 aliphatic heterocycles. The summed E-state index contributed by atoms with van der Waals surface area (Å²) < 4.78 is 1.69. The minimum Gasteiger partial charge on any atom is -0.392 e. The smallest absolute Gasteiger partial charge is 0.199 e. The van der Waals surface area contributed by atoms with Gasteiger partial charge in [-0.1, -0.05) is 12.1 Å². The summed E-state index contributed by atoms with van der Waals surface area (Å²) in [6.45, 7) is -0.0860. The van der Waals surface area contributed by atoms with Gasteiger partial charge in [-0.2, -0.15) is 10.5 Å². The molecule has 1 aromatic carbocycles. The van der Waals surface area contributed by atoms with Crippen LogP contribution in [0.1, 0.15) is 17.0 Å². The van der Waals surface area contributed by atoms with E-state index in [2.05, 4.69) is 19.9 Å². The van der Waals surface area contributed by atoms with Gasteiger partial charge in [-0.25, -0.2) is 19.9 Å². The zero-order valence-electron chi connectivity index (χ0n) is 14.4. The number of nitrogen functional groups attached to an aromatic ring is 1. The molecule has 0 spiro atoms. The second-order valence-electron chi connectivity index (χ2n) is 5.82. The van der Waals surface area contributed by atoms with E-state index in [4.69, 9.17) is 5.73 Å². The summed E-state index contributed by atoms with van der Waals surface area (Å²) in [5, 5.41) is 27.8. The normalized spacial score (nSPS) is 10.5. The van der Waals surface area contributed by atoms with Crippen LogP contribution in [-0.2, 0) is 6.61 Å². The highest BCUT2D eigenvalue weighted by Gasteiger charge is 2.21. The number of hydrogen-bond acceptors (Lipinski definition) is 8. The Morgan fingerprint density at radius 3 is 2.36 bits per heavy atom. The highest BCUT2D eigenvalue weighted by Crippen LogP contribution is 2.30. The van der Waals surface area contributed by atoms with Gasteiger partial charge in [0, 0.05) is 11.9 Å². The molecule has 0 unspecified atom stereocenters. The van der Waals surface area contributed by atoms with Crippen LogP contribution in [0.25, 0.3) is 28.4 Å². The van der Waals surface area contributed by atoms with E-state index in [0.717, 1.165) is 5.56 Å². The van der Waals surface area contributed by atoms with Crippen LogP contribution >= 0.6 is 0 Å². The number of aromatic nitrogens is 5. The number of nitrogens with two attached hydrogens (primary N) is 1. The predicted molar refractivity (Wildman–Crippen MR) is 99.7 cm³/mol. The molecule has 0 amide bonds. The van der Waals surface area contributed by atoms with Crippen molar-refractivity contribution < 1.29 is 5.11 Å². The molecule has 0 fully saturated rings. The molecule has 3 heterocycles. The Morgan fingerprint density at radius 2 is 1.71 bits per heavy atom. The van der Waals surface area contributed by atoms with Gasteiger partial charge >= 0.3 is 0 Å². The van der Waals surface area contributed by atoms with Crippen molar-refractivity contribution in [3.63, 3.8) is 0 Å². The molecule has 3 aromatic heterocycles. The summed E-state index contributed by atoms with van der Waals surface area (Å²) in [6, 6.07) is 14.3. The summed E-state index contributed by atoms with van der Waals surface area (Å²) in [7, 11) is 0. The predicted octanol–water partition coefficient (Wildman–Crippen LogP) is 1.70. The third-order valence-electron chi connectivity index (χ3n) is 4.16. The maximum absolute atomic E-state index is 9.32. The van der Waals surface area contributed by atoms with Gasteiger partial charge in [-0.3, -0.25) is 4.57 Å². The number of nitrogens with zero attached hydrogens (tertiary/aromatic N) is 7. The number of rotatable bonds is 3. The molecule has 0 bridgehead atoms. The number of aliphatic hydroxyl groups is 1. The Bertz CT molecular complexity index is 1280. The zero-order chi connectivity index (χ0) is 19.7. The van der Waals surface area contributed by atoms with Gasteiger partial charge in [0.2, 0.25) is 0 Å². The zero-order valence-corrected chi connectivity index (χ0v) is 14.4. The first kappa shape index (κ1) is 17.1. The largest absolute Gasteiger partial charge is 0.392 e. The van der Waals surface area contributed by atoms with E-state index >= 15 is 0 Å². The van der Waals surface area contributed by atoms with E-state index in [-0.39, 0.29) is 29.5 Å². The standard InChI is InChI=1S/C19H12N8O/c20-8-14-15(9-21)25-19-17(24-14)26-18(13-2-1-7-23-16(13)22)27(19)12-5-3-11(10-28)4-6-12/h1-7,28H,10H2,(H2,22,23). The molecule has 0 saturated carbocycles. The molecule has 4 aromatic rings. The number of pyridine rings is 1. The molecule has 28 heavy (non-hydrogen) atoms. The fourth-order valence-electron chi connectivity index (χ4n) is 2.83. The highest BCUT2D eigenvalue weighted by atomic mass is 16.3. The van der Waals surface area contributed by atoms with Crippen molar-refractivity contribution in [3.05, 3.63) is 59.5 Å². The molecule has 0 aliphatic rings. The lowest BCUT2D eigenvalue weighted by Gasteiger charge is -2.10. The topological polar surface area (TPSA) is 150 Å². The lowest BCUT2D eigenvalue weighted by atomic mass is 10.2. The molecule has 0 radical (unpaired) electrons. The van der Waals surface area contributed by atoms with E-state index in [1.165, 1.54) is 0 Å². The van der Waals surface area contributed by atoms with Gasteiger partial charge in [0.15, 0.2) is 28.5 Å². The average Bonchev–Trinajstić information content (AvgIpc) is 3.11. The van der Waals surface area contributed by atoms with E-state index in [9.17, 15) is 15.6 Å². The van der Waals surface area contributed by atoms with Gasteiger partial charge in [0.05, 0.1) is 12.2 Å². The van der Waals surface area contributed by atoms with E-state index in [0.29, 0.717) is 22.7 Å². The van der Waals surface area contributed by atoms with Gasteiger partial charge in [0.1, 0.15) is 18.0 Å². The highest BCUT2D eigenvalue weighted by molar-refractivity contribution is 5.81. The maximum atomic E-state index is 9.32. The molecule has 0 saturated heterocycles. The van der Waals surface area contributed by atoms with Crippen LogP contribution in [0.15, 0.2) is 42.6 Å². The van der Waals surface area contributed by atoms with Crippen LogP contribution < -0.4 is 5.73 Å². The Hall–Kier alpha value is -4.34. The number of anilines is 1. The number of imidazole rings is 1. The van der Waals surface area contributed by atoms with E-state index < -0.39 is 0 Å². The number of aliphatic hydroxyl groups excluding tert-OH is 1. The third-order valence-corrected chi connectivity index (χ3v) is 4.16. The van der Waals surface area contributed by atoms with Crippen molar-refractivity contribution in [3.8, 4) is 29.2 Å². The summed E-state index contributed by atoms with van der Waals surface area (Å²) in [6.07, 6.45) is 1.57. The Kier molecular flexibility index (Phi) is 4.13. The molecule has 9 nitrogen and oxygen atoms in total. The molecule has 3 N–H and O–H groups in total. The second kappa shape index (κ2) is 6.76. The Labute approximate surface area is 159 Å². The summed E-state index contributed by atoms with van der Waals surface area (Å²) in [5.74, 6) is 0.698. The fourth-order valence-corrected chi connectivity index (χ4v) is 2.83. The van der Waals surface area contributed by atoms with Crippen molar-refractivity contribution in [1.29, 1.82) is 10.5 Å². The van der Waals surface area contributed by atoms with Crippen LogP contribution in [0.4, 0.5) is 5.82 Å². The van der Waals surface area contributed by atoms with E-state index in [1.807, 2.05) is 12.1 Å². The van der Waals surface area contributed by atoms with Crippen molar-refractivity contribution in [2.45, 2.75) is 6.61 Å². The number of nitriles is 2. The number of hydrogen-bond donors (Lipinski definition) is 2. The first-order chi connectivity index (χ1) is 13.7. The summed E-state index contributed by atoms with van der Waals surface area (Å²) in [4.78, 5) is 17.1. The minimum absolute atomic E-state index is 0.0860. The number of fused-ring (bicyclic) bond motifs is 1. The first-order valence-electron chi connectivity index (χ1n) is 8.18. The van der Waals surface area contributed by atoms with Gasteiger partial charge < -0.3 is 10.8 Å². The van der Waals surface area contributed by atoms with Crippen LogP contribution in [0.5, 0.6) is 0 Å². The third kappa shape index (κ3) is 2.69.